The van der Waals surface area contributed by atoms with Crippen LogP contribution in [0.5, 0.6) is 0 Å². The highest BCUT2D eigenvalue weighted by molar-refractivity contribution is 5.14. The van der Waals surface area contributed by atoms with E-state index in [0.29, 0.717) is 6.04 Å². The number of aryl methyl sites for hydroxylation is 1. The number of fused-ring (bicyclic) bond motifs is 1. The van der Waals surface area contributed by atoms with E-state index in [2.05, 4.69) is 35.2 Å². The van der Waals surface area contributed by atoms with Gasteiger partial charge in [-0.25, -0.2) is 0 Å². The van der Waals surface area contributed by atoms with Gasteiger partial charge in [-0.15, -0.1) is 0 Å². The van der Waals surface area contributed by atoms with Crippen LogP contribution in [-0.2, 0) is 6.42 Å². The molecule has 1 aromatic rings. The molecular weight excluding hydrogens is 232 g/mol. The average molecular weight is 258 g/mol. The summed E-state index contributed by atoms with van der Waals surface area (Å²) in [5.41, 5.74) is 7.47. The molecule has 2 fully saturated rings. The Morgan fingerprint density at radius 1 is 1.11 bits per heavy atom. The van der Waals surface area contributed by atoms with Crippen LogP contribution in [0.4, 0.5) is 0 Å². The summed E-state index contributed by atoms with van der Waals surface area (Å²) in [5, 5.41) is 0. The van der Waals surface area contributed by atoms with Crippen LogP contribution in [0.3, 0.4) is 0 Å². The number of hydrogen-bond donors (Lipinski definition) is 1. The zero-order chi connectivity index (χ0) is 13.1. The lowest BCUT2D eigenvalue weighted by molar-refractivity contribution is 0.218. The van der Waals surface area contributed by atoms with Crippen LogP contribution >= 0.6 is 0 Å². The van der Waals surface area contributed by atoms with E-state index in [0.717, 1.165) is 24.8 Å². The number of nitrogens with two attached hydrogens (primary N) is 1. The van der Waals surface area contributed by atoms with Crippen molar-refractivity contribution in [2.45, 2.75) is 38.1 Å². The predicted octanol–water partition coefficient (Wildman–Crippen LogP) is 2.68. The summed E-state index contributed by atoms with van der Waals surface area (Å²) in [4.78, 5) is 2.68. The number of hydrogen-bond acceptors (Lipinski definition) is 2. The minimum absolute atomic E-state index is 0.589. The van der Waals surface area contributed by atoms with Crippen LogP contribution in [0, 0.1) is 11.8 Å². The van der Waals surface area contributed by atoms with Gasteiger partial charge >= 0.3 is 0 Å². The van der Waals surface area contributed by atoms with Crippen molar-refractivity contribution in [2.24, 2.45) is 17.6 Å². The average Bonchev–Trinajstić information content (AvgIpc) is 3.02. The molecular formula is C17H26N2. The fraction of sp³-hybridized carbons (Fsp3) is 0.647. The van der Waals surface area contributed by atoms with Gasteiger partial charge in [0.25, 0.3) is 0 Å². The Balaban J connectivity index is 1.53. The SMILES string of the molecule is NCC(CCc1ccccc1)N1CC2CCCC2C1. The van der Waals surface area contributed by atoms with Crippen LogP contribution in [0.25, 0.3) is 0 Å². The quantitative estimate of drug-likeness (QED) is 0.880. The van der Waals surface area contributed by atoms with Gasteiger partial charge in [0.05, 0.1) is 0 Å². The maximum atomic E-state index is 6.03. The monoisotopic (exact) mass is 258 g/mol. The van der Waals surface area contributed by atoms with Crippen molar-refractivity contribution in [1.82, 2.24) is 4.90 Å². The van der Waals surface area contributed by atoms with E-state index in [1.165, 1.54) is 44.3 Å². The molecule has 0 amide bonds. The first-order valence-corrected chi connectivity index (χ1v) is 7.85. The molecule has 2 nitrogen and oxygen atoms in total. The first-order valence-electron chi connectivity index (χ1n) is 7.85. The van der Waals surface area contributed by atoms with E-state index in [9.17, 15) is 0 Å². The number of nitrogens with zero attached hydrogens (tertiary/aromatic N) is 1. The van der Waals surface area contributed by atoms with Crippen LogP contribution in [-0.4, -0.2) is 30.6 Å². The molecule has 104 valence electrons. The van der Waals surface area contributed by atoms with Crippen LogP contribution in [0.2, 0.25) is 0 Å². The lowest BCUT2D eigenvalue weighted by atomic mass is 10.0. The van der Waals surface area contributed by atoms with Crippen LogP contribution in [0.15, 0.2) is 30.3 Å². The minimum Gasteiger partial charge on any atom is -0.329 e. The van der Waals surface area contributed by atoms with E-state index >= 15 is 0 Å². The molecule has 19 heavy (non-hydrogen) atoms. The molecule has 1 heterocycles. The first-order chi connectivity index (χ1) is 9.36. The molecule has 1 saturated heterocycles. The summed E-state index contributed by atoms with van der Waals surface area (Å²) < 4.78 is 0. The Labute approximate surface area is 117 Å². The molecule has 0 bridgehead atoms. The summed E-state index contributed by atoms with van der Waals surface area (Å²) in [6.07, 6.45) is 6.74. The molecule has 0 aromatic heterocycles. The van der Waals surface area contributed by atoms with E-state index in [1.54, 1.807) is 0 Å². The minimum atomic E-state index is 0.589. The topological polar surface area (TPSA) is 29.3 Å². The second-order valence-electron chi connectivity index (χ2n) is 6.32. The third-order valence-electron chi connectivity index (χ3n) is 5.15. The highest BCUT2D eigenvalue weighted by Crippen LogP contribution is 2.38. The summed E-state index contributed by atoms with van der Waals surface area (Å²) >= 11 is 0. The van der Waals surface area contributed by atoms with Crippen molar-refractivity contribution in [1.29, 1.82) is 0 Å². The van der Waals surface area contributed by atoms with Gasteiger partial charge in [0.15, 0.2) is 0 Å². The number of benzene rings is 1. The zero-order valence-electron chi connectivity index (χ0n) is 11.8. The Kier molecular flexibility index (Phi) is 4.19. The maximum absolute atomic E-state index is 6.03. The van der Waals surface area contributed by atoms with Gasteiger partial charge in [0, 0.05) is 25.7 Å². The third kappa shape index (κ3) is 3.01. The molecule has 1 aliphatic carbocycles. The highest BCUT2D eigenvalue weighted by atomic mass is 15.2. The second kappa shape index (κ2) is 6.06. The van der Waals surface area contributed by atoms with Gasteiger partial charge in [-0.2, -0.15) is 0 Å². The van der Waals surface area contributed by atoms with E-state index in [-0.39, 0.29) is 0 Å². The van der Waals surface area contributed by atoms with Crippen molar-refractivity contribution in [3.63, 3.8) is 0 Å². The fourth-order valence-corrected chi connectivity index (χ4v) is 4.00. The Morgan fingerprint density at radius 3 is 2.42 bits per heavy atom. The number of likely N-dealkylation sites (tertiary alicyclic amines) is 1. The highest BCUT2D eigenvalue weighted by Gasteiger charge is 2.38. The molecule has 1 saturated carbocycles. The van der Waals surface area contributed by atoms with E-state index in [4.69, 9.17) is 5.73 Å². The Morgan fingerprint density at radius 2 is 1.79 bits per heavy atom. The zero-order valence-corrected chi connectivity index (χ0v) is 11.8. The van der Waals surface area contributed by atoms with Gasteiger partial charge in [-0.05, 0) is 43.1 Å². The maximum Gasteiger partial charge on any atom is 0.0221 e. The molecule has 3 rings (SSSR count). The molecule has 0 radical (unpaired) electrons. The van der Waals surface area contributed by atoms with Gasteiger partial charge in [-0.3, -0.25) is 4.90 Å². The largest absolute Gasteiger partial charge is 0.329 e. The predicted molar refractivity (Wildman–Crippen MR) is 80.0 cm³/mol. The van der Waals surface area contributed by atoms with Crippen molar-refractivity contribution in [3.05, 3.63) is 35.9 Å². The van der Waals surface area contributed by atoms with Gasteiger partial charge < -0.3 is 5.73 Å². The first kappa shape index (κ1) is 13.1. The molecule has 2 heteroatoms. The molecule has 2 N–H and O–H groups in total. The van der Waals surface area contributed by atoms with Crippen molar-refractivity contribution in [3.8, 4) is 0 Å². The van der Waals surface area contributed by atoms with Crippen LogP contribution in [0.1, 0.15) is 31.2 Å². The molecule has 1 aliphatic heterocycles. The molecule has 2 aliphatic rings. The van der Waals surface area contributed by atoms with Crippen molar-refractivity contribution >= 4 is 0 Å². The third-order valence-corrected chi connectivity index (χ3v) is 5.15. The second-order valence-corrected chi connectivity index (χ2v) is 6.32. The molecule has 3 atom stereocenters. The summed E-state index contributed by atoms with van der Waals surface area (Å²) in [6.45, 7) is 3.43. The normalized spacial score (nSPS) is 28.5. The lowest BCUT2D eigenvalue weighted by Gasteiger charge is -2.27. The smallest absolute Gasteiger partial charge is 0.0221 e. The molecule has 0 spiro atoms. The summed E-state index contributed by atoms with van der Waals surface area (Å²) in [6, 6.07) is 11.4. The van der Waals surface area contributed by atoms with E-state index in [1.807, 2.05) is 0 Å². The molecule has 3 unspecified atom stereocenters. The standard InChI is InChI=1S/C17H26N2/c18-11-17(10-9-14-5-2-1-3-6-14)19-12-15-7-4-8-16(15)13-19/h1-3,5-6,15-17H,4,7-13,18H2. The van der Waals surface area contributed by atoms with Gasteiger partial charge in [-0.1, -0.05) is 36.8 Å². The lowest BCUT2D eigenvalue weighted by Crippen LogP contribution is -2.40. The van der Waals surface area contributed by atoms with Crippen LogP contribution < -0.4 is 5.73 Å². The Hall–Kier alpha value is -0.860. The molecule has 1 aromatic carbocycles. The van der Waals surface area contributed by atoms with Crippen molar-refractivity contribution < 1.29 is 0 Å². The fourth-order valence-electron chi connectivity index (χ4n) is 4.00. The van der Waals surface area contributed by atoms with Crippen molar-refractivity contribution in [2.75, 3.05) is 19.6 Å². The van der Waals surface area contributed by atoms with E-state index < -0.39 is 0 Å². The summed E-state index contributed by atoms with van der Waals surface area (Å²) in [5.74, 6) is 1.96. The number of rotatable bonds is 5. The van der Waals surface area contributed by atoms with Gasteiger partial charge in [0.2, 0.25) is 0 Å². The Bertz CT molecular complexity index is 378. The summed E-state index contributed by atoms with van der Waals surface area (Å²) in [7, 11) is 0. The van der Waals surface area contributed by atoms with Gasteiger partial charge in [0.1, 0.15) is 0 Å².